The molecule has 19 heavy (non-hydrogen) atoms. The summed E-state index contributed by atoms with van der Waals surface area (Å²) in [7, 11) is -1.77. The van der Waals surface area contributed by atoms with Gasteiger partial charge in [0.15, 0.2) is 8.32 Å². The summed E-state index contributed by atoms with van der Waals surface area (Å²) >= 11 is 4.73. The lowest BCUT2D eigenvalue weighted by atomic mass is 10.1. The van der Waals surface area contributed by atoms with Crippen molar-refractivity contribution in [1.82, 2.24) is 4.98 Å². The monoisotopic (exact) mass is 294 g/mol. The molecule has 0 bridgehead atoms. The Morgan fingerprint density at radius 1 is 1.37 bits per heavy atom. The van der Waals surface area contributed by atoms with Gasteiger partial charge in [-0.25, -0.2) is 4.99 Å². The third-order valence-electron chi connectivity index (χ3n) is 3.71. The Bertz CT molecular complexity index is 450. The lowest BCUT2D eigenvalue weighted by Gasteiger charge is -2.36. The molecule has 0 saturated carbocycles. The minimum atomic E-state index is -1.77. The third kappa shape index (κ3) is 4.62. The highest BCUT2D eigenvalue weighted by Gasteiger charge is 2.37. The van der Waals surface area contributed by atoms with Crippen molar-refractivity contribution in [3.63, 3.8) is 0 Å². The van der Waals surface area contributed by atoms with Crippen LogP contribution in [0.4, 0.5) is 0 Å². The SMILES string of the molecule is CC(C)(C)[Si](C)(C)OCC(N=C=S)c1ccncc1. The highest BCUT2D eigenvalue weighted by Crippen LogP contribution is 2.37. The van der Waals surface area contributed by atoms with E-state index in [1.54, 1.807) is 12.4 Å². The predicted molar refractivity (Wildman–Crippen MR) is 85.2 cm³/mol. The maximum absolute atomic E-state index is 6.20. The first kappa shape index (κ1) is 16.2. The van der Waals surface area contributed by atoms with Crippen LogP contribution in [0.5, 0.6) is 0 Å². The second-order valence-corrected chi connectivity index (χ2v) is 11.1. The molecule has 0 fully saturated rings. The number of thiocarbonyl (C=S) groups is 1. The van der Waals surface area contributed by atoms with Crippen molar-refractivity contribution >= 4 is 25.7 Å². The normalized spacial score (nSPS) is 13.7. The second-order valence-electron chi connectivity index (χ2n) is 6.09. The third-order valence-corrected chi connectivity index (χ3v) is 8.31. The van der Waals surface area contributed by atoms with Crippen LogP contribution in [0.1, 0.15) is 32.4 Å². The molecule has 0 radical (unpaired) electrons. The number of nitrogens with zero attached hydrogens (tertiary/aromatic N) is 2. The predicted octanol–water partition coefficient (Wildman–Crippen LogP) is 4.25. The van der Waals surface area contributed by atoms with Crippen molar-refractivity contribution in [3.8, 4) is 0 Å². The van der Waals surface area contributed by atoms with Crippen molar-refractivity contribution < 1.29 is 4.43 Å². The molecule has 0 spiro atoms. The lowest BCUT2D eigenvalue weighted by Crippen LogP contribution is -2.41. The van der Waals surface area contributed by atoms with E-state index in [1.807, 2.05) is 12.1 Å². The zero-order chi connectivity index (χ0) is 14.5. The van der Waals surface area contributed by atoms with E-state index in [4.69, 9.17) is 16.6 Å². The molecule has 0 aliphatic heterocycles. The summed E-state index contributed by atoms with van der Waals surface area (Å²) in [5.41, 5.74) is 1.06. The summed E-state index contributed by atoms with van der Waals surface area (Å²) in [6.45, 7) is 11.7. The summed E-state index contributed by atoms with van der Waals surface area (Å²) < 4.78 is 6.20. The Labute approximate surface area is 122 Å². The fourth-order valence-corrected chi connectivity index (χ4v) is 2.50. The van der Waals surface area contributed by atoms with Crippen LogP contribution in [0.3, 0.4) is 0 Å². The molecule has 1 unspecified atom stereocenters. The Balaban J connectivity index is 2.80. The molecule has 104 valence electrons. The fraction of sp³-hybridized carbons (Fsp3) is 0.571. The van der Waals surface area contributed by atoms with Gasteiger partial charge in [0.1, 0.15) is 6.04 Å². The molecular weight excluding hydrogens is 272 g/mol. The molecule has 1 aromatic heterocycles. The molecule has 0 aromatic carbocycles. The van der Waals surface area contributed by atoms with E-state index in [1.165, 1.54) is 0 Å². The number of hydrogen-bond acceptors (Lipinski definition) is 4. The zero-order valence-electron chi connectivity index (χ0n) is 12.3. The number of rotatable bonds is 5. The molecule has 1 rings (SSSR count). The second kappa shape index (κ2) is 6.53. The molecule has 3 nitrogen and oxygen atoms in total. The fourth-order valence-electron chi connectivity index (χ4n) is 1.36. The van der Waals surface area contributed by atoms with E-state index in [9.17, 15) is 0 Å². The molecule has 0 amide bonds. The van der Waals surface area contributed by atoms with E-state index < -0.39 is 8.32 Å². The summed E-state index contributed by atoms with van der Waals surface area (Å²) in [4.78, 5) is 8.23. The Kier molecular flexibility index (Phi) is 5.56. The smallest absolute Gasteiger partial charge is 0.192 e. The van der Waals surface area contributed by atoms with Crippen molar-refractivity contribution in [1.29, 1.82) is 0 Å². The molecule has 1 atom stereocenters. The van der Waals surface area contributed by atoms with E-state index in [0.717, 1.165) is 5.56 Å². The number of aromatic nitrogens is 1. The van der Waals surface area contributed by atoms with Crippen LogP contribution < -0.4 is 0 Å². The van der Waals surface area contributed by atoms with Gasteiger partial charge in [0.25, 0.3) is 0 Å². The molecule has 0 aliphatic rings. The van der Waals surface area contributed by atoms with Crippen molar-refractivity contribution in [2.45, 2.75) is 44.9 Å². The van der Waals surface area contributed by atoms with Gasteiger partial charge in [-0.15, -0.1) is 0 Å². The first-order valence-corrected chi connectivity index (χ1v) is 9.70. The standard InChI is InChI=1S/C14H22N2OSSi/c1-14(2,3)19(4,5)17-10-13(16-11-18)12-6-8-15-9-7-12/h6-9,13H,10H2,1-5H3. The lowest BCUT2D eigenvalue weighted by molar-refractivity contribution is 0.266. The van der Waals surface area contributed by atoms with Crippen LogP contribution in [-0.2, 0) is 4.43 Å². The molecule has 0 saturated heterocycles. The van der Waals surface area contributed by atoms with E-state index in [2.05, 4.69) is 49.0 Å². The molecule has 0 N–H and O–H groups in total. The minimum Gasteiger partial charge on any atom is -0.414 e. The van der Waals surface area contributed by atoms with Crippen molar-refractivity contribution in [3.05, 3.63) is 30.1 Å². The van der Waals surface area contributed by atoms with Gasteiger partial charge in [-0.2, -0.15) is 0 Å². The van der Waals surface area contributed by atoms with E-state index in [-0.39, 0.29) is 11.1 Å². The van der Waals surface area contributed by atoms with Gasteiger partial charge in [0, 0.05) is 12.4 Å². The highest BCUT2D eigenvalue weighted by molar-refractivity contribution is 7.78. The van der Waals surface area contributed by atoms with Crippen LogP contribution in [0.2, 0.25) is 18.1 Å². The molecule has 0 aliphatic carbocycles. The Morgan fingerprint density at radius 2 is 1.95 bits per heavy atom. The molecule has 1 heterocycles. The van der Waals surface area contributed by atoms with Gasteiger partial charge in [-0.05, 0) is 48.0 Å². The number of isothiocyanates is 1. The van der Waals surface area contributed by atoms with E-state index >= 15 is 0 Å². The summed E-state index contributed by atoms with van der Waals surface area (Å²) in [6, 6.07) is 3.79. The molecule has 1 aromatic rings. The van der Waals surface area contributed by atoms with Crippen molar-refractivity contribution in [2.75, 3.05) is 6.61 Å². The average Bonchev–Trinajstić information content (AvgIpc) is 2.34. The topological polar surface area (TPSA) is 34.5 Å². The maximum atomic E-state index is 6.20. The quantitative estimate of drug-likeness (QED) is 0.462. The summed E-state index contributed by atoms with van der Waals surface area (Å²) in [5, 5.41) is 2.66. The van der Waals surface area contributed by atoms with Crippen LogP contribution in [0.15, 0.2) is 29.5 Å². The van der Waals surface area contributed by atoms with Gasteiger partial charge in [-0.3, -0.25) is 4.98 Å². The van der Waals surface area contributed by atoms with Crippen LogP contribution in [0.25, 0.3) is 0 Å². The highest BCUT2D eigenvalue weighted by atomic mass is 32.1. The van der Waals surface area contributed by atoms with Gasteiger partial charge in [0.05, 0.1) is 11.8 Å². The molecular formula is C14H22N2OSSi. The maximum Gasteiger partial charge on any atom is 0.192 e. The number of aliphatic imine (C=N–C) groups is 1. The summed E-state index contributed by atoms with van der Waals surface area (Å²) in [6.07, 6.45) is 3.51. The number of pyridine rings is 1. The van der Waals surface area contributed by atoms with Gasteiger partial charge in [0.2, 0.25) is 0 Å². The minimum absolute atomic E-state index is 0.0883. The molecule has 5 heteroatoms. The van der Waals surface area contributed by atoms with E-state index in [0.29, 0.717) is 6.61 Å². The van der Waals surface area contributed by atoms with Crippen LogP contribution in [0, 0.1) is 0 Å². The van der Waals surface area contributed by atoms with Crippen LogP contribution in [-0.4, -0.2) is 25.1 Å². The Morgan fingerprint density at radius 3 is 2.42 bits per heavy atom. The van der Waals surface area contributed by atoms with Crippen molar-refractivity contribution in [2.24, 2.45) is 4.99 Å². The van der Waals surface area contributed by atoms with Crippen LogP contribution >= 0.6 is 12.2 Å². The first-order valence-electron chi connectivity index (χ1n) is 6.39. The first-order chi connectivity index (χ1) is 8.78. The van der Waals surface area contributed by atoms with Gasteiger partial charge in [-0.1, -0.05) is 20.8 Å². The van der Waals surface area contributed by atoms with Gasteiger partial charge < -0.3 is 4.43 Å². The average molecular weight is 294 g/mol. The Hall–Kier alpha value is -0.873. The zero-order valence-corrected chi connectivity index (χ0v) is 14.1. The van der Waals surface area contributed by atoms with Gasteiger partial charge >= 0.3 is 0 Å². The largest absolute Gasteiger partial charge is 0.414 e. The number of hydrogen-bond donors (Lipinski definition) is 0. The summed E-state index contributed by atoms with van der Waals surface area (Å²) in [5.74, 6) is 0.